The van der Waals surface area contributed by atoms with Gasteiger partial charge in [-0.05, 0) is 48.9 Å². The van der Waals surface area contributed by atoms with Crippen molar-refractivity contribution >= 4 is 46.7 Å². The molecule has 146 valence electrons. The summed E-state index contributed by atoms with van der Waals surface area (Å²) in [6.07, 6.45) is 0.0453. The van der Waals surface area contributed by atoms with Crippen molar-refractivity contribution in [2.75, 3.05) is 11.5 Å². The third kappa shape index (κ3) is 4.35. The van der Waals surface area contributed by atoms with Gasteiger partial charge in [-0.3, -0.25) is 9.59 Å². The molecule has 1 heterocycles. The number of ether oxygens (including phenoxy) is 1. The lowest BCUT2D eigenvalue weighted by Crippen LogP contribution is -2.38. The predicted octanol–water partition coefficient (Wildman–Crippen LogP) is 3.59. The van der Waals surface area contributed by atoms with Crippen molar-refractivity contribution in [1.82, 2.24) is 5.32 Å². The number of imide groups is 1. The maximum atomic E-state index is 12.7. The minimum atomic E-state index is -0.649. The summed E-state index contributed by atoms with van der Waals surface area (Å²) < 4.78 is 4.93. The molecule has 0 saturated carbocycles. The first kappa shape index (κ1) is 20.3. The first-order valence-electron chi connectivity index (χ1n) is 8.72. The van der Waals surface area contributed by atoms with E-state index in [1.54, 1.807) is 37.3 Å². The maximum absolute atomic E-state index is 12.7. The molecule has 1 fully saturated rings. The lowest BCUT2D eigenvalue weighted by atomic mass is 10.2. The number of anilines is 1. The summed E-state index contributed by atoms with van der Waals surface area (Å²) in [6.45, 7) is 2.32. The lowest BCUT2D eigenvalue weighted by molar-refractivity contribution is -0.121. The second kappa shape index (κ2) is 8.73. The Morgan fingerprint density at radius 1 is 1.18 bits per heavy atom. The summed E-state index contributed by atoms with van der Waals surface area (Å²) in [7, 11) is 0. The van der Waals surface area contributed by atoms with E-state index in [9.17, 15) is 14.4 Å². The van der Waals surface area contributed by atoms with Crippen molar-refractivity contribution in [3.05, 3.63) is 63.6 Å². The maximum Gasteiger partial charge on any atom is 0.338 e. The van der Waals surface area contributed by atoms with E-state index in [-0.39, 0.29) is 24.8 Å². The molecule has 0 unspecified atom stereocenters. The second-order valence-electron chi connectivity index (χ2n) is 6.21. The van der Waals surface area contributed by atoms with Crippen LogP contribution in [-0.4, -0.2) is 30.4 Å². The fourth-order valence-corrected chi connectivity index (χ4v) is 3.40. The number of rotatable bonds is 6. The normalized spacial score (nSPS) is 16.5. The molecule has 6 nitrogen and oxygen atoms in total. The fraction of sp³-hybridized carbons (Fsp3) is 0.250. The van der Waals surface area contributed by atoms with Crippen LogP contribution < -0.4 is 10.2 Å². The standard InChI is InChI=1S/C20H18Cl2N2O4/c1-2-28-20(27)12-4-7-15(8-5-12)24-18(25)10-17(19(24)26)23-11-13-3-6-14(21)9-16(13)22/h3-9,17,23H,2,10-11H2,1H3/t17-/m0/s1. The van der Waals surface area contributed by atoms with Gasteiger partial charge in [0, 0.05) is 16.6 Å². The summed E-state index contributed by atoms with van der Waals surface area (Å²) >= 11 is 12.0. The van der Waals surface area contributed by atoms with Crippen LogP contribution in [0.2, 0.25) is 10.0 Å². The number of amides is 2. The van der Waals surface area contributed by atoms with E-state index < -0.39 is 12.0 Å². The van der Waals surface area contributed by atoms with Gasteiger partial charge in [-0.2, -0.15) is 0 Å². The van der Waals surface area contributed by atoms with Gasteiger partial charge in [0.1, 0.15) is 0 Å². The number of carbonyl (C=O) groups is 3. The zero-order valence-corrected chi connectivity index (χ0v) is 16.6. The monoisotopic (exact) mass is 420 g/mol. The van der Waals surface area contributed by atoms with Gasteiger partial charge in [0.2, 0.25) is 5.91 Å². The molecule has 28 heavy (non-hydrogen) atoms. The van der Waals surface area contributed by atoms with Gasteiger partial charge < -0.3 is 10.1 Å². The molecular formula is C20H18Cl2N2O4. The average Bonchev–Trinajstić information content (AvgIpc) is 2.95. The van der Waals surface area contributed by atoms with E-state index in [2.05, 4.69) is 5.32 Å². The molecule has 0 bridgehead atoms. The number of benzene rings is 2. The van der Waals surface area contributed by atoms with Gasteiger partial charge in [0.15, 0.2) is 0 Å². The summed E-state index contributed by atoms with van der Waals surface area (Å²) in [4.78, 5) is 37.9. The largest absolute Gasteiger partial charge is 0.462 e. The summed E-state index contributed by atoms with van der Waals surface area (Å²) in [5.74, 6) is -1.11. The smallest absolute Gasteiger partial charge is 0.338 e. The predicted molar refractivity (Wildman–Crippen MR) is 107 cm³/mol. The molecular weight excluding hydrogens is 403 g/mol. The molecule has 1 aliphatic heterocycles. The van der Waals surface area contributed by atoms with Crippen LogP contribution in [0.5, 0.6) is 0 Å². The molecule has 8 heteroatoms. The van der Waals surface area contributed by atoms with Gasteiger partial charge >= 0.3 is 5.97 Å². The fourth-order valence-electron chi connectivity index (χ4n) is 2.92. The zero-order chi connectivity index (χ0) is 20.3. The highest BCUT2D eigenvalue weighted by Crippen LogP contribution is 2.25. The van der Waals surface area contributed by atoms with E-state index in [1.807, 2.05) is 0 Å². The summed E-state index contributed by atoms with van der Waals surface area (Å²) in [6, 6.07) is 10.6. The Kier molecular flexibility index (Phi) is 6.34. The van der Waals surface area contributed by atoms with Gasteiger partial charge in [0.05, 0.1) is 30.3 Å². The van der Waals surface area contributed by atoms with Gasteiger partial charge in [-0.1, -0.05) is 29.3 Å². The van der Waals surface area contributed by atoms with Crippen LogP contribution in [-0.2, 0) is 20.9 Å². The molecule has 2 aromatic rings. The number of carbonyl (C=O) groups excluding carboxylic acids is 3. The Bertz CT molecular complexity index is 915. The van der Waals surface area contributed by atoms with Crippen LogP contribution in [0, 0.1) is 0 Å². The third-order valence-electron chi connectivity index (χ3n) is 4.34. The zero-order valence-electron chi connectivity index (χ0n) is 15.1. The number of hydrogen-bond donors (Lipinski definition) is 1. The minimum Gasteiger partial charge on any atom is -0.462 e. The van der Waals surface area contributed by atoms with Gasteiger partial charge in [0.25, 0.3) is 5.91 Å². The molecule has 1 N–H and O–H groups in total. The van der Waals surface area contributed by atoms with Gasteiger partial charge in [-0.25, -0.2) is 9.69 Å². The number of esters is 1. The molecule has 2 amide bonds. The van der Waals surface area contributed by atoms with Gasteiger partial charge in [-0.15, -0.1) is 0 Å². The second-order valence-corrected chi connectivity index (χ2v) is 7.05. The molecule has 1 aliphatic rings. The van der Waals surface area contributed by atoms with Crippen molar-refractivity contribution in [2.24, 2.45) is 0 Å². The third-order valence-corrected chi connectivity index (χ3v) is 4.92. The van der Waals surface area contributed by atoms with Crippen molar-refractivity contribution < 1.29 is 19.1 Å². The van der Waals surface area contributed by atoms with E-state index in [0.717, 1.165) is 10.5 Å². The van der Waals surface area contributed by atoms with Crippen LogP contribution in [0.1, 0.15) is 29.3 Å². The Balaban J connectivity index is 1.68. The molecule has 0 spiro atoms. The van der Waals surface area contributed by atoms with Crippen LogP contribution in [0.15, 0.2) is 42.5 Å². The SMILES string of the molecule is CCOC(=O)c1ccc(N2C(=O)C[C@H](NCc3ccc(Cl)cc3Cl)C2=O)cc1. The van der Waals surface area contributed by atoms with Crippen molar-refractivity contribution in [3.63, 3.8) is 0 Å². The Morgan fingerprint density at radius 3 is 2.54 bits per heavy atom. The highest BCUT2D eigenvalue weighted by molar-refractivity contribution is 6.35. The Morgan fingerprint density at radius 2 is 1.89 bits per heavy atom. The molecule has 1 saturated heterocycles. The molecule has 1 atom stereocenters. The summed E-state index contributed by atoms with van der Waals surface area (Å²) in [5.41, 5.74) is 1.55. The number of nitrogens with zero attached hydrogens (tertiary/aromatic N) is 1. The van der Waals surface area contributed by atoms with Crippen molar-refractivity contribution in [2.45, 2.75) is 25.9 Å². The Hall–Kier alpha value is -2.41. The van der Waals surface area contributed by atoms with Crippen LogP contribution in [0.25, 0.3) is 0 Å². The Labute approximate surface area is 172 Å². The summed E-state index contributed by atoms with van der Waals surface area (Å²) in [5, 5.41) is 4.09. The number of halogens is 2. The van der Waals surface area contributed by atoms with Crippen molar-refractivity contribution in [1.29, 1.82) is 0 Å². The lowest BCUT2D eigenvalue weighted by Gasteiger charge is -2.16. The minimum absolute atomic E-state index is 0.0453. The topological polar surface area (TPSA) is 75.7 Å². The molecule has 0 aromatic heterocycles. The van der Waals surface area contributed by atoms with E-state index >= 15 is 0 Å². The average molecular weight is 421 g/mol. The van der Waals surface area contributed by atoms with Crippen LogP contribution in [0.4, 0.5) is 5.69 Å². The first-order valence-corrected chi connectivity index (χ1v) is 9.47. The van der Waals surface area contributed by atoms with Crippen LogP contribution >= 0.6 is 23.2 Å². The molecule has 0 aliphatic carbocycles. The number of hydrogen-bond acceptors (Lipinski definition) is 5. The van der Waals surface area contributed by atoms with E-state index in [1.165, 1.54) is 12.1 Å². The van der Waals surface area contributed by atoms with E-state index in [4.69, 9.17) is 27.9 Å². The van der Waals surface area contributed by atoms with E-state index in [0.29, 0.717) is 27.8 Å². The van der Waals surface area contributed by atoms with Crippen LogP contribution in [0.3, 0.4) is 0 Å². The highest BCUT2D eigenvalue weighted by Gasteiger charge is 2.39. The number of nitrogens with one attached hydrogen (secondary N) is 1. The van der Waals surface area contributed by atoms with Crippen molar-refractivity contribution in [3.8, 4) is 0 Å². The molecule has 3 rings (SSSR count). The highest BCUT2D eigenvalue weighted by atomic mass is 35.5. The quantitative estimate of drug-likeness (QED) is 0.570. The molecule has 0 radical (unpaired) electrons. The first-order chi connectivity index (χ1) is 13.4. The molecule has 2 aromatic carbocycles.